The Morgan fingerprint density at radius 2 is 2.00 bits per heavy atom. The van der Waals surface area contributed by atoms with Gasteiger partial charge in [-0.25, -0.2) is 8.42 Å². The zero-order chi connectivity index (χ0) is 16.0. The number of likely N-dealkylation sites (N-methyl/N-ethyl adjacent to an activating group) is 1. The van der Waals surface area contributed by atoms with E-state index in [2.05, 4.69) is 5.32 Å². The molecule has 1 aromatic carbocycles. The summed E-state index contributed by atoms with van der Waals surface area (Å²) in [5.74, 6) is 0.642. The average Bonchev–Trinajstić information content (AvgIpc) is 3.05. The molecule has 0 saturated carbocycles. The van der Waals surface area contributed by atoms with Gasteiger partial charge in [0, 0.05) is 26.2 Å². The van der Waals surface area contributed by atoms with Gasteiger partial charge in [-0.15, -0.1) is 0 Å². The normalized spacial score (nSPS) is 18.8. The maximum Gasteiger partial charge on any atom is 0.243 e. The minimum absolute atomic E-state index is 0.0205. The molecular formula is C15H24N2O4S. The second-order valence-electron chi connectivity index (χ2n) is 5.18. The van der Waals surface area contributed by atoms with Crippen LogP contribution < -0.4 is 10.1 Å². The van der Waals surface area contributed by atoms with Gasteiger partial charge in [0.25, 0.3) is 0 Å². The molecule has 124 valence electrons. The van der Waals surface area contributed by atoms with Crippen molar-refractivity contribution in [3.8, 4) is 5.75 Å². The molecule has 0 amide bonds. The molecule has 1 aliphatic heterocycles. The van der Waals surface area contributed by atoms with Gasteiger partial charge in [0.15, 0.2) is 0 Å². The molecular weight excluding hydrogens is 304 g/mol. The number of nitrogens with zero attached hydrogens (tertiary/aromatic N) is 1. The van der Waals surface area contributed by atoms with E-state index in [1.165, 1.54) is 4.31 Å². The third-order valence-corrected chi connectivity index (χ3v) is 5.67. The summed E-state index contributed by atoms with van der Waals surface area (Å²) in [5.41, 5.74) is 0. The number of ether oxygens (including phenoxy) is 2. The summed E-state index contributed by atoms with van der Waals surface area (Å²) in [7, 11) is -1.82. The molecule has 0 radical (unpaired) electrons. The van der Waals surface area contributed by atoms with Crippen LogP contribution in [0.1, 0.15) is 13.3 Å². The van der Waals surface area contributed by atoms with Crippen LogP contribution in [0.15, 0.2) is 29.2 Å². The number of nitrogens with one attached hydrogen (secondary N) is 1. The van der Waals surface area contributed by atoms with E-state index in [1.807, 2.05) is 6.92 Å². The van der Waals surface area contributed by atoms with Gasteiger partial charge < -0.3 is 14.8 Å². The summed E-state index contributed by atoms with van der Waals surface area (Å²) in [4.78, 5) is 0.291. The second-order valence-corrected chi connectivity index (χ2v) is 7.18. The lowest BCUT2D eigenvalue weighted by Crippen LogP contribution is -2.38. The van der Waals surface area contributed by atoms with E-state index in [9.17, 15) is 8.42 Å². The number of rotatable bonds is 8. The van der Waals surface area contributed by atoms with Crippen molar-refractivity contribution in [3.63, 3.8) is 0 Å². The van der Waals surface area contributed by atoms with Crippen molar-refractivity contribution in [3.05, 3.63) is 24.3 Å². The van der Waals surface area contributed by atoms with Crippen molar-refractivity contribution < 1.29 is 17.9 Å². The molecule has 1 saturated heterocycles. The highest BCUT2D eigenvalue weighted by molar-refractivity contribution is 7.89. The lowest BCUT2D eigenvalue weighted by atomic mass is 10.3. The van der Waals surface area contributed by atoms with Gasteiger partial charge in [-0.1, -0.05) is 0 Å². The summed E-state index contributed by atoms with van der Waals surface area (Å²) < 4.78 is 37.3. The van der Waals surface area contributed by atoms with Crippen LogP contribution in [-0.2, 0) is 14.8 Å². The number of sulfonamides is 1. The molecule has 0 aromatic heterocycles. The third-order valence-electron chi connectivity index (χ3n) is 3.75. The first-order valence-corrected chi connectivity index (χ1v) is 8.99. The predicted molar refractivity (Wildman–Crippen MR) is 84.7 cm³/mol. The monoisotopic (exact) mass is 328 g/mol. The largest absolute Gasteiger partial charge is 0.491 e. The minimum Gasteiger partial charge on any atom is -0.491 e. The van der Waals surface area contributed by atoms with Gasteiger partial charge in [-0.3, -0.25) is 0 Å². The second kappa shape index (κ2) is 7.92. The first-order valence-electron chi connectivity index (χ1n) is 7.55. The zero-order valence-electron chi connectivity index (χ0n) is 13.1. The molecule has 2 rings (SSSR count). The Morgan fingerprint density at radius 3 is 2.59 bits per heavy atom. The van der Waals surface area contributed by atoms with E-state index >= 15 is 0 Å². The quantitative estimate of drug-likeness (QED) is 0.724. The Bertz CT molecular complexity index is 553. The van der Waals surface area contributed by atoms with Crippen molar-refractivity contribution in [2.75, 3.05) is 40.0 Å². The Morgan fingerprint density at radius 1 is 1.27 bits per heavy atom. The fraction of sp³-hybridized carbons (Fsp3) is 0.600. The van der Waals surface area contributed by atoms with Crippen LogP contribution in [0.4, 0.5) is 0 Å². The standard InChI is InChI=1S/C15H24N2O4S/c1-3-20-10-11-21-14-4-6-15(7-5-14)22(18,19)17(2)13-8-9-16-12-13/h4-7,13,16H,3,8-12H2,1-2H3. The van der Waals surface area contributed by atoms with Crippen LogP contribution >= 0.6 is 0 Å². The molecule has 1 atom stereocenters. The molecule has 22 heavy (non-hydrogen) atoms. The van der Waals surface area contributed by atoms with Crippen molar-refractivity contribution in [2.45, 2.75) is 24.3 Å². The number of benzene rings is 1. The van der Waals surface area contributed by atoms with Gasteiger partial charge >= 0.3 is 0 Å². The summed E-state index contributed by atoms with van der Waals surface area (Å²) >= 11 is 0. The molecule has 1 N–H and O–H groups in total. The Balaban J connectivity index is 1.99. The summed E-state index contributed by atoms with van der Waals surface area (Å²) in [5, 5.41) is 3.18. The van der Waals surface area contributed by atoms with E-state index in [0.717, 1.165) is 13.0 Å². The van der Waals surface area contributed by atoms with Crippen molar-refractivity contribution in [1.82, 2.24) is 9.62 Å². The predicted octanol–water partition coefficient (Wildman–Crippen LogP) is 1.08. The molecule has 0 aliphatic carbocycles. The number of hydrogen-bond donors (Lipinski definition) is 1. The van der Waals surface area contributed by atoms with Crippen LogP contribution in [0.2, 0.25) is 0 Å². The molecule has 1 aliphatic rings. The molecule has 1 heterocycles. The summed E-state index contributed by atoms with van der Waals surface area (Å²) in [6, 6.07) is 6.56. The van der Waals surface area contributed by atoms with Gasteiger partial charge in [0.2, 0.25) is 10.0 Å². The van der Waals surface area contributed by atoms with Crippen LogP contribution in [0.5, 0.6) is 5.75 Å². The highest BCUT2D eigenvalue weighted by atomic mass is 32.2. The maximum atomic E-state index is 12.6. The summed E-state index contributed by atoms with van der Waals surface area (Å²) in [6.45, 7) is 5.12. The third kappa shape index (κ3) is 4.19. The Kier molecular flexibility index (Phi) is 6.19. The Hall–Kier alpha value is -1.15. The van der Waals surface area contributed by atoms with Crippen molar-refractivity contribution in [2.24, 2.45) is 0 Å². The molecule has 6 nitrogen and oxygen atoms in total. The van der Waals surface area contributed by atoms with E-state index in [4.69, 9.17) is 9.47 Å². The van der Waals surface area contributed by atoms with Gasteiger partial charge in [-0.2, -0.15) is 4.31 Å². The first-order chi connectivity index (χ1) is 10.6. The van der Waals surface area contributed by atoms with Gasteiger partial charge in [0.05, 0.1) is 11.5 Å². The van der Waals surface area contributed by atoms with Crippen molar-refractivity contribution in [1.29, 1.82) is 0 Å². The number of hydrogen-bond acceptors (Lipinski definition) is 5. The van der Waals surface area contributed by atoms with E-state index in [1.54, 1.807) is 31.3 Å². The molecule has 7 heteroatoms. The molecule has 1 fully saturated rings. The van der Waals surface area contributed by atoms with Crippen LogP contribution in [-0.4, -0.2) is 58.7 Å². The molecule has 1 unspecified atom stereocenters. The van der Waals surface area contributed by atoms with Crippen molar-refractivity contribution >= 4 is 10.0 Å². The Labute approximate surface area is 132 Å². The SMILES string of the molecule is CCOCCOc1ccc(S(=O)(=O)N(C)C2CCNC2)cc1. The lowest BCUT2D eigenvalue weighted by Gasteiger charge is -2.23. The first kappa shape index (κ1) is 17.2. The van der Waals surface area contributed by atoms with E-state index < -0.39 is 10.0 Å². The molecule has 0 bridgehead atoms. The lowest BCUT2D eigenvalue weighted by molar-refractivity contribution is 0.110. The van der Waals surface area contributed by atoms with E-state index in [0.29, 0.717) is 37.0 Å². The zero-order valence-corrected chi connectivity index (χ0v) is 13.9. The van der Waals surface area contributed by atoms with Crippen LogP contribution in [0.25, 0.3) is 0 Å². The van der Waals surface area contributed by atoms with Crippen LogP contribution in [0.3, 0.4) is 0 Å². The average molecular weight is 328 g/mol. The van der Waals surface area contributed by atoms with Crippen LogP contribution in [0, 0.1) is 0 Å². The fourth-order valence-electron chi connectivity index (χ4n) is 2.38. The smallest absolute Gasteiger partial charge is 0.243 e. The maximum absolute atomic E-state index is 12.6. The summed E-state index contributed by atoms with van der Waals surface area (Å²) in [6.07, 6.45) is 0.842. The highest BCUT2D eigenvalue weighted by Gasteiger charge is 2.29. The van der Waals surface area contributed by atoms with Gasteiger partial charge in [0.1, 0.15) is 12.4 Å². The molecule has 0 spiro atoms. The topological polar surface area (TPSA) is 67.9 Å². The minimum atomic E-state index is -3.46. The van der Waals surface area contributed by atoms with Gasteiger partial charge in [-0.05, 0) is 44.2 Å². The van der Waals surface area contributed by atoms with E-state index in [-0.39, 0.29) is 6.04 Å². The molecule has 1 aromatic rings. The highest BCUT2D eigenvalue weighted by Crippen LogP contribution is 2.21. The fourth-order valence-corrected chi connectivity index (χ4v) is 3.77.